The number of halogens is 2. The third-order valence-electron chi connectivity index (χ3n) is 4.44. The Balaban J connectivity index is 1.88. The number of hydrogen-bond donors (Lipinski definition) is 1. The zero-order chi connectivity index (χ0) is 15.1. The summed E-state index contributed by atoms with van der Waals surface area (Å²) in [6, 6.07) is 7.51. The first-order valence-corrected chi connectivity index (χ1v) is 7.95. The van der Waals surface area contributed by atoms with Crippen molar-refractivity contribution >= 4 is 0 Å². The van der Waals surface area contributed by atoms with Gasteiger partial charge in [0.1, 0.15) is 5.75 Å². The molecule has 0 amide bonds. The number of nitrogens with one attached hydrogen (secondary N) is 1. The predicted molar refractivity (Wildman–Crippen MR) is 80.6 cm³/mol. The van der Waals surface area contributed by atoms with Gasteiger partial charge in [-0.3, -0.25) is 0 Å². The lowest BCUT2D eigenvalue weighted by atomic mass is 9.98. The molecule has 1 saturated carbocycles. The summed E-state index contributed by atoms with van der Waals surface area (Å²) in [6.45, 7) is 0.0788. The lowest BCUT2D eigenvalue weighted by molar-refractivity contribution is -0.0505. The lowest BCUT2D eigenvalue weighted by Crippen LogP contribution is -2.28. The standard InChI is InChI=1S/C17H25F2NO/c1-2-13-6-5-8-15(11-10-13)20-12-14-7-3-4-9-16(14)21-17(18)19/h3-4,7,9,13,15,17,20H,2,5-6,8,10-12H2,1H3. The topological polar surface area (TPSA) is 21.3 Å². The van der Waals surface area contributed by atoms with Gasteiger partial charge >= 0.3 is 6.61 Å². The first kappa shape index (κ1) is 16.2. The molecule has 2 atom stereocenters. The van der Waals surface area contributed by atoms with Crippen LogP contribution in [0.15, 0.2) is 24.3 Å². The average molecular weight is 297 g/mol. The zero-order valence-electron chi connectivity index (χ0n) is 12.7. The third-order valence-corrected chi connectivity index (χ3v) is 4.44. The SMILES string of the molecule is CCC1CCCC(NCc2ccccc2OC(F)F)CC1. The molecule has 21 heavy (non-hydrogen) atoms. The number of rotatable bonds is 6. The van der Waals surface area contributed by atoms with Crippen LogP contribution in [0.5, 0.6) is 5.75 Å². The zero-order valence-corrected chi connectivity index (χ0v) is 12.7. The highest BCUT2D eigenvalue weighted by molar-refractivity contribution is 5.33. The van der Waals surface area contributed by atoms with Crippen LogP contribution in [0.3, 0.4) is 0 Å². The molecular formula is C17H25F2NO. The molecule has 2 nitrogen and oxygen atoms in total. The molecule has 1 aliphatic carbocycles. The molecule has 2 unspecified atom stereocenters. The van der Waals surface area contributed by atoms with Crippen LogP contribution in [-0.4, -0.2) is 12.7 Å². The minimum absolute atomic E-state index is 0.278. The van der Waals surface area contributed by atoms with E-state index in [1.807, 2.05) is 12.1 Å². The third kappa shape index (κ3) is 5.27. The van der Waals surface area contributed by atoms with Gasteiger partial charge in [-0.2, -0.15) is 8.78 Å². The molecule has 4 heteroatoms. The predicted octanol–water partition coefficient (Wildman–Crippen LogP) is 4.74. The van der Waals surface area contributed by atoms with Crippen molar-refractivity contribution in [2.75, 3.05) is 0 Å². The van der Waals surface area contributed by atoms with Gasteiger partial charge < -0.3 is 10.1 Å². The van der Waals surface area contributed by atoms with E-state index in [1.165, 1.54) is 38.5 Å². The van der Waals surface area contributed by atoms with Crippen molar-refractivity contribution in [2.24, 2.45) is 5.92 Å². The van der Waals surface area contributed by atoms with Gasteiger partial charge in [0.25, 0.3) is 0 Å². The minimum atomic E-state index is -2.77. The normalized spacial score (nSPS) is 23.0. The summed E-state index contributed by atoms with van der Waals surface area (Å²) in [5.41, 5.74) is 0.800. The molecule has 1 aromatic rings. The molecule has 2 rings (SSSR count). The van der Waals surface area contributed by atoms with Crippen LogP contribution >= 0.6 is 0 Å². The second kappa shape index (κ2) is 8.32. The van der Waals surface area contributed by atoms with Crippen LogP contribution in [0.1, 0.15) is 51.0 Å². The maximum Gasteiger partial charge on any atom is 0.387 e. The van der Waals surface area contributed by atoms with E-state index in [0.29, 0.717) is 12.6 Å². The molecule has 0 aliphatic heterocycles. The van der Waals surface area contributed by atoms with Gasteiger partial charge in [0.15, 0.2) is 0 Å². The number of alkyl halides is 2. The van der Waals surface area contributed by atoms with Crippen molar-refractivity contribution in [3.8, 4) is 5.75 Å². The molecule has 0 radical (unpaired) electrons. The summed E-state index contributed by atoms with van der Waals surface area (Å²) in [7, 11) is 0. The van der Waals surface area contributed by atoms with Gasteiger partial charge in [-0.25, -0.2) is 0 Å². The summed E-state index contributed by atoms with van der Waals surface area (Å²) < 4.78 is 29.3. The Hall–Kier alpha value is -1.16. The fourth-order valence-electron chi connectivity index (χ4n) is 3.11. The van der Waals surface area contributed by atoms with E-state index < -0.39 is 6.61 Å². The highest BCUT2D eigenvalue weighted by Crippen LogP contribution is 2.26. The lowest BCUT2D eigenvalue weighted by Gasteiger charge is -2.18. The van der Waals surface area contributed by atoms with E-state index in [-0.39, 0.29) is 5.75 Å². The molecule has 1 N–H and O–H groups in total. The smallest absolute Gasteiger partial charge is 0.387 e. The summed E-state index contributed by atoms with van der Waals surface area (Å²) in [6.07, 6.45) is 7.46. The fraction of sp³-hybridized carbons (Fsp3) is 0.647. The largest absolute Gasteiger partial charge is 0.434 e. The summed E-state index contributed by atoms with van der Waals surface area (Å²) in [5, 5.41) is 3.51. The van der Waals surface area contributed by atoms with Crippen molar-refractivity contribution < 1.29 is 13.5 Å². The molecule has 1 aliphatic rings. The molecular weight excluding hydrogens is 272 g/mol. The highest BCUT2D eigenvalue weighted by Gasteiger charge is 2.18. The van der Waals surface area contributed by atoms with Gasteiger partial charge in [-0.15, -0.1) is 0 Å². The van der Waals surface area contributed by atoms with Crippen LogP contribution in [-0.2, 0) is 6.54 Å². The number of ether oxygens (including phenoxy) is 1. The van der Waals surface area contributed by atoms with Gasteiger partial charge in [0.2, 0.25) is 0 Å². The van der Waals surface area contributed by atoms with Crippen LogP contribution < -0.4 is 10.1 Å². The van der Waals surface area contributed by atoms with Crippen LogP contribution in [0, 0.1) is 5.92 Å². The first-order chi connectivity index (χ1) is 10.2. The quantitative estimate of drug-likeness (QED) is 0.766. The van der Waals surface area contributed by atoms with E-state index >= 15 is 0 Å². The molecule has 0 spiro atoms. The summed E-state index contributed by atoms with van der Waals surface area (Å²) in [5.74, 6) is 1.13. The molecule has 1 aromatic carbocycles. The Morgan fingerprint density at radius 2 is 2.00 bits per heavy atom. The van der Waals surface area contributed by atoms with Gasteiger partial charge in [0.05, 0.1) is 0 Å². The number of para-hydroxylation sites is 1. The Bertz CT molecular complexity index is 425. The van der Waals surface area contributed by atoms with Crippen molar-refractivity contribution in [2.45, 2.75) is 64.6 Å². The van der Waals surface area contributed by atoms with Gasteiger partial charge in [-0.1, -0.05) is 44.4 Å². The highest BCUT2D eigenvalue weighted by atomic mass is 19.3. The van der Waals surface area contributed by atoms with E-state index in [1.54, 1.807) is 12.1 Å². The summed E-state index contributed by atoms with van der Waals surface area (Å²) >= 11 is 0. The summed E-state index contributed by atoms with van der Waals surface area (Å²) in [4.78, 5) is 0. The second-order valence-electron chi connectivity index (χ2n) is 5.85. The fourth-order valence-corrected chi connectivity index (χ4v) is 3.11. The number of benzene rings is 1. The van der Waals surface area contributed by atoms with E-state index in [0.717, 1.165) is 11.5 Å². The molecule has 0 heterocycles. The van der Waals surface area contributed by atoms with Crippen molar-refractivity contribution in [1.29, 1.82) is 0 Å². The van der Waals surface area contributed by atoms with Crippen LogP contribution in [0.4, 0.5) is 8.78 Å². The minimum Gasteiger partial charge on any atom is -0.434 e. The maximum atomic E-state index is 12.4. The Morgan fingerprint density at radius 3 is 2.76 bits per heavy atom. The molecule has 118 valence electrons. The number of hydrogen-bond acceptors (Lipinski definition) is 2. The van der Waals surface area contributed by atoms with Gasteiger partial charge in [0, 0.05) is 18.2 Å². The van der Waals surface area contributed by atoms with Crippen LogP contribution in [0.25, 0.3) is 0 Å². The van der Waals surface area contributed by atoms with E-state index in [2.05, 4.69) is 17.0 Å². The first-order valence-electron chi connectivity index (χ1n) is 7.95. The van der Waals surface area contributed by atoms with Crippen LogP contribution in [0.2, 0.25) is 0 Å². The van der Waals surface area contributed by atoms with E-state index in [9.17, 15) is 8.78 Å². The molecule has 0 aromatic heterocycles. The van der Waals surface area contributed by atoms with E-state index in [4.69, 9.17) is 0 Å². The monoisotopic (exact) mass is 297 g/mol. The Kier molecular flexibility index (Phi) is 6.43. The maximum absolute atomic E-state index is 12.4. The van der Waals surface area contributed by atoms with Crippen molar-refractivity contribution in [1.82, 2.24) is 5.32 Å². The Labute approximate surface area is 125 Å². The van der Waals surface area contributed by atoms with Gasteiger partial charge in [-0.05, 0) is 31.2 Å². The molecule has 0 saturated heterocycles. The molecule has 0 bridgehead atoms. The second-order valence-corrected chi connectivity index (χ2v) is 5.85. The molecule has 1 fully saturated rings. The van der Waals surface area contributed by atoms with Crippen molar-refractivity contribution in [3.05, 3.63) is 29.8 Å². The average Bonchev–Trinajstić information content (AvgIpc) is 2.71. The van der Waals surface area contributed by atoms with Crippen molar-refractivity contribution in [3.63, 3.8) is 0 Å². The Morgan fingerprint density at radius 1 is 1.19 bits per heavy atom.